The molecule has 0 aromatic carbocycles. The molecule has 0 bridgehead atoms. The Balaban J connectivity index is 1.70. The van der Waals surface area contributed by atoms with E-state index in [1.165, 1.54) is 11.7 Å². The highest BCUT2D eigenvalue weighted by atomic mass is 16.5. The van der Waals surface area contributed by atoms with Gasteiger partial charge in [-0.1, -0.05) is 0 Å². The Morgan fingerprint density at radius 1 is 1.26 bits per heavy atom. The number of carbonyl (C=O) groups is 2. The van der Waals surface area contributed by atoms with E-state index in [4.69, 9.17) is 0 Å². The largest absolute Gasteiger partial charge is 0.467 e. The average Bonchev–Trinajstić information content (AvgIpc) is 2.70. The van der Waals surface area contributed by atoms with Crippen molar-refractivity contribution in [3.8, 4) is 0 Å². The number of rotatable bonds is 3. The summed E-state index contributed by atoms with van der Waals surface area (Å²) in [6, 6.07) is 2.52. The first-order valence-corrected chi connectivity index (χ1v) is 8.62. The van der Waals surface area contributed by atoms with Crippen molar-refractivity contribution in [3.05, 3.63) is 28.7 Å². The summed E-state index contributed by atoms with van der Waals surface area (Å²) in [5.41, 5.74) is 0.946. The van der Waals surface area contributed by atoms with Gasteiger partial charge < -0.3 is 19.9 Å². The van der Waals surface area contributed by atoms with Gasteiger partial charge in [-0.05, 0) is 19.1 Å². The molecule has 0 spiro atoms. The van der Waals surface area contributed by atoms with Gasteiger partial charge in [-0.2, -0.15) is 0 Å². The molecule has 0 radical (unpaired) electrons. The van der Waals surface area contributed by atoms with Crippen molar-refractivity contribution < 1.29 is 14.3 Å². The molecule has 1 fully saturated rings. The monoisotopic (exact) mass is 374 g/mol. The number of hydrogen-bond donors (Lipinski definition) is 1. The molecule has 1 aliphatic heterocycles. The van der Waals surface area contributed by atoms with Gasteiger partial charge in [0.05, 0.1) is 7.11 Å². The predicted octanol–water partition coefficient (Wildman–Crippen LogP) is -0.278. The second-order valence-electron chi connectivity index (χ2n) is 6.31. The first-order chi connectivity index (χ1) is 12.9. The molecule has 10 heteroatoms. The van der Waals surface area contributed by atoms with Crippen LogP contribution in [0.2, 0.25) is 0 Å². The molecule has 1 N–H and O–H groups in total. The van der Waals surface area contributed by atoms with Gasteiger partial charge in [-0.3, -0.25) is 9.36 Å². The van der Waals surface area contributed by atoms with Crippen LogP contribution in [-0.4, -0.2) is 70.8 Å². The molecule has 27 heavy (non-hydrogen) atoms. The number of aryl methyl sites for hydroxylation is 1. The van der Waals surface area contributed by atoms with Gasteiger partial charge in [-0.15, -0.1) is 0 Å². The van der Waals surface area contributed by atoms with Crippen LogP contribution in [-0.2, 0) is 16.6 Å². The summed E-state index contributed by atoms with van der Waals surface area (Å²) < 4.78 is 6.08. The van der Waals surface area contributed by atoms with Crippen molar-refractivity contribution >= 4 is 29.0 Å². The molecule has 2 aromatic heterocycles. The van der Waals surface area contributed by atoms with Gasteiger partial charge in [0.1, 0.15) is 11.6 Å². The Kier molecular flexibility index (Phi) is 5.24. The lowest BCUT2D eigenvalue weighted by Crippen LogP contribution is -2.55. The summed E-state index contributed by atoms with van der Waals surface area (Å²) >= 11 is 0. The van der Waals surface area contributed by atoms with Gasteiger partial charge >= 0.3 is 12.0 Å². The van der Waals surface area contributed by atoms with E-state index in [0.717, 1.165) is 0 Å². The second kappa shape index (κ2) is 7.60. The fourth-order valence-electron chi connectivity index (χ4n) is 2.98. The number of amides is 2. The number of anilines is 1. The Morgan fingerprint density at radius 2 is 1.96 bits per heavy atom. The number of esters is 1. The van der Waals surface area contributed by atoms with Crippen molar-refractivity contribution in [2.45, 2.75) is 13.0 Å². The molecule has 2 amide bonds. The van der Waals surface area contributed by atoms with E-state index < -0.39 is 12.0 Å². The van der Waals surface area contributed by atoms with Crippen molar-refractivity contribution in [1.29, 1.82) is 0 Å². The molecular weight excluding hydrogens is 352 g/mol. The summed E-state index contributed by atoms with van der Waals surface area (Å²) in [6.07, 6.45) is 1.62. The number of piperazine rings is 1. The molecule has 0 saturated carbocycles. The van der Waals surface area contributed by atoms with Crippen LogP contribution in [0, 0.1) is 0 Å². The third-order valence-electron chi connectivity index (χ3n) is 4.57. The van der Waals surface area contributed by atoms with Gasteiger partial charge in [-0.25, -0.2) is 19.6 Å². The number of aromatic nitrogens is 3. The summed E-state index contributed by atoms with van der Waals surface area (Å²) in [5.74, 6) is -0.152. The van der Waals surface area contributed by atoms with Gasteiger partial charge in [0.15, 0.2) is 11.5 Å². The maximum atomic E-state index is 12.6. The van der Waals surface area contributed by atoms with E-state index >= 15 is 0 Å². The predicted molar refractivity (Wildman–Crippen MR) is 98.6 cm³/mol. The van der Waals surface area contributed by atoms with E-state index in [0.29, 0.717) is 43.2 Å². The van der Waals surface area contributed by atoms with Crippen molar-refractivity contribution in [3.63, 3.8) is 0 Å². The first kappa shape index (κ1) is 18.6. The zero-order chi connectivity index (χ0) is 19.6. The summed E-state index contributed by atoms with van der Waals surface area (Å²) in [5, 5.41) is 2.60. The third kappa shape index (κ3) is 3.69. The van der Waals surface area contributed by atoms with Crippen LogP contribution in [0.15, 0.2) is 23.1 Å². The minimum atomic E-state index is -0.720. The molecule has 3 rings (SSSR count). The van der Waals surface area contributed by atoms with Crippen LogP contribution in [0.3, 0.4) is 0 Å². The summed E-state index contributed by atoms with van der Waals surface area (Å²) in [7, 11) is 2.94. The average molecular weight is 374 g/mol. The number of nitrogens with zero attached hydrogens (tertiary/aromatic N) is 5. The van der Waals surface area contributed by atoms with Gasteiger partial charge in [0.25, 0.3) is 5.56 Å². The highest BCUT2D eigenvalue weighted by molar-refractivity contribution is 5.83. The second-order valence-corrected chi connectivity index (χ2v) is 6.31. The van der Waals surface area contributed by atoms with E-state index in [2.05, 4.69) is 20.0 Å². The Hall–Kier alpha value is -3.17. The molecule has 10 nitrogen and oxygen atoms in total. The molecule has 3 heterocycles. The highest BCUT2D eigenvalue weighted by Gasteiger charge is 2.26. The summed E-state index contributed by atoms with van der Waals surface area (Å²) in [6.45, 7) is 3.32. The lowest BCUT2D eigenvalue weighted by Gasteiger charge is -2.35. The Labute approximate surface area is 155 Å². The quantitative estimate of drug-likeness (QED) is 0.736. The smallest absolute Gasteiger partial charge is 0.328 e. The number of methoxy groups -OCH3 is 1. The molecule has 0 aliphatic carbocycles. The molecule has 1 saturated heterocycles. The number of urea groups is 1. The lowest BCUT2D eigenvalue weighted by atomic mass is 10.3. The normalized spacial score (nSPS) is 15.5. The SMILES string of the molecule is COC(=O)C(C)NC(=O)N1CCN(c2nc3cccnc3n(C)c2=O)CC1. The number of fused-ring (bicyclic) bond motifs is 1. The van der Waals surface area contributed by atoms with E-state index in [1.54, 1.807) is 31.1 Å². The van der Waals surface area contributed by atoms with Crippen LogP contribution in [0.25, 0.3) is 11.2 Å². The number of carbonyl (C=O) groups excluding carboxylic acids is 2. The van der Waals surface area contributed by atoms with Crippen LogP contribution >= 0.6 is 0 Å². The van der Waals surface area contributed by atoms with Crippen LogP contribution in [0.1, 0.15) is 6.92 Å². The number of pyridine rings is 1. The number of ether oxygens (including phenoxy) is 1. The van der Waals surface area contributed by atoms with E-state index in [9.17, 15) is 14.4 Å². The maximum absolute atomic E-state index is 12.6. The van der Waals surface area contributed by atoms with Crippen LogP contribution < -0.4 is 15.8 Å². The fraction of sp³-hybridized carbons (Fsp3) is 0.471. The standard InChI is InChI=1S/C17H22N6O4/c1-11(16(25)27-3)19-17(26)23-9-7-22(8-10-23)14-15(24)21(2)13-12(20-14)5-4-6-18-13/h4-6,11H,7-10H2,1-3H3,(H,19,26). The van der Waals surface area contributed by atoms with Gasteiger partial charge in [0.2, 0.25) is 0 Å². The number of nitrogens with one attached hydrogen (secondary N) is 1. The number of hydrogen-bond acceptors (Lipinski definition) is 7. The van der Waals surface area contributed by atoms with Crippen molar-refractivity contribution in [2.75, 3.05) is 38.2 Å². The van der Waals surface area contributed by atoms with E-state index in [-0.39, 0.29) is 11.6 Å². The van der Waals surface area contributed by atoms with Crippen molar-refractivity contribution in [2.24, 2.45) is 7.05 Å². The minimum Gasteiger partial charge on any atom is -0.467 e. The maximum Gasteiger partial charge on any atom is 0.328 e. The fourth-order valence-corrected chi connectivity index (χ4v) is 2.98. The topological polar surface area (TPSA) is 110 Å². The third-order valence-corrected chi connectivity index (χ3v) is 4.57. The van der Waals surface area contributed by atoms with Crippen molar-refractivity contribution in [1.82, 2.24) is 24.8 Å². The molecule has 2 aromatic rings. The molecule has 144 valence electrons. The molecule has 1 unspecified atom stereocenters. The zero-order valence-corrected chi connectivity index (χ0v) is 15.5. The Morgan fingerprint density at radius 3 is 2.63 bits per heavy atom. The Bertz CT molecular complexity index is 919. The molecular formula is C17H22N6O4. The lowest BCUT2D eigenvalue weighted by molar-refractivity contribution is -0.142. The molecule has 1 atom stereocenters. The zero-order valence-electron chi connectivity index (χ0n) is 15.5. The van der Waals surface area contributed by atoms with E-state index in [1.807, 2.05) is 11.0 Å². The molecule has 1 aliphatic rings. The van der Waals surface area contributed by atoms with Gasteiger partial charge in [0, 0.05) is 39.4 Å². The first-order valence-electron chi connectivity index (χ1n) is 8.62. The minimum absolute atomic E-state index is 0.224. The van der Waals surface area contributed by atoms with Crippen LogP contribution in [0.4, 0.5) is 10.6 Å². The van der Waals surface area contributed by atoms with Crippen LogP contribution in [0.5, 0.6) is 0 Å². The summed E-state index contributed by atoms with van der Waals surface area (Å²) in [4.78, 5) is 48.4. The highest BCUT2D eigenvalue weighted by Crippen LogP contribution is 2.14.